The van der Waals surface area contributed by atoms with Crippen LogP contribution in [0.5, 0.6) is 0 Å². The summed E-state index contributed by atoms with van der Waals surface area (Å²) in [5, 5.41) is 12.7. The van der Waals surface area contributed by atoms with Gasteiger partial charge in [-0.2, -0.15) is 18.3 Å². The monoisotopic (exact) mass is 407 g/mol. The van der Waals surface area contributed by atoms with E-state index in [4.69, 9.17) is 0 Å². The lowest BCUT2D eigenvalue weighted by atomic mass is 10.2. The number of nitrogens with zero attached hydrogens (tertiary/aromatic N) is 7. The predicted octanol–water partition coefficient (Wildman–Crippen LogP) is 2.85. The van der Waals surface area contributed by atoms with E-state index in [1.165, 1.54) is 0 Å². The summed E-state index contributed by atoms with van der Waals surface area (Å²) in [4.78, 5) is 7.29. The summed E-state index contributed by atoms with van der Waals surface area (Å²) in [7, 11) is 0. The van der Waals surface area contributed by atoms with Crippen LogP contribution in [-0.4, -0.2) is 51.1 Å². The molecule has 0 N–H and O–H groups in total. The van der Waals surface area contributed by atoms with Crippen molar-refractivity contribution >= 4 is 11.6 Å². The van der Waals surface area contributed by atoms with Gasteiger partial charge in [0.25, 0.3) is 0 Å². The van der Waals surface area contributed by atoms with Crippen molar-refractivity contribution in [2.24, 2.45) is 0 Å². The minimum atomic E-state index is -4.62. The number of aryl methyl sites for hydroxylation is 1. The van der Waals surface area contributed by atoms with E-state index in [2.05, 4.69) is 20.3 Å². The van der Waals surface area contributed by atoms with Crippen molar-refractivity contribution in [2.75, 3.05) is 36.0 Å². The van der Waals surface area contributed by atoms with E-state index >= 15 is 0 Å². The van der Waals surface area contributed by atoms with Crippen LogP contribution in [0, 0.1) is 12.7 Å². The normalized spacial score (nSPS) is 15.1. The van der Waals surface area contributed by atoms with Crippen molar-refractivity contribution in [3.05, 3.63) is 53.7 Å². The SMILES string of the molecule is Cc1ccn(-c2ccc(N3CCN(c4ncc(C(F)(F)F)cc4F)CC3)nn2)n1. The van der Waals surface area contributed by atoms with Crippen LogP contribution in [0.15, 0.2) is 36.7 Å². The Morgan fingerprint density at radius 3 is 2.14 bits per heavy atom. The first-order valence-corrected chi connectivity index (χ1v) is 8.90. The summed E-state index contributed by atoms with van der Waals surface area (Å²) in [6, 6.07) is 5.98. The molecule has 0 bridgehead atoms. The van der Waals surface area contributed by atoms with Crippen molar-refractivity contribution in [3.8, 4) is 5.82 Å². The van der Waals surface area contributed by atoms with E-state index < -0.39 is 17.6 Å². The van der Waals surface area contributed by atoms with E-state index in [1.54, 1.807) is 21.8 Å². The maximum Gasteiger partial charge on any atom is 0.417 e. The molecule has 0 aliphatic carbocycles. The molecule has 7 nitrogen and oxygen atoms in total. The topological polar surface area (TPSA) is 63.0 Å². The summed E-state index contributed by atoms with van der Waals surface area (Å²) in [5.41, 5.74) is -0.226. The molecule has 0 aromatic carbocycles. The summed E-state index contributed by atoms with van der Waals surface area (Å²) in [6.07, 6.45) is -2.17. The molecule has 152 valence electrons. The second-order valence-electron chi connectivity index (χ2n) is 6.65. The maximum atomic E-state index is 14.1. The van der Waals surface area contributed by atoms with Gasteiger partial charge in [-0.25, -0.2) is 14.1 Å². The molecular weight excluding hydrogens is 390 g/mol. The Morgan fingerprint density at radius 2 is 1.59 bits per heavy atom. The van der Waals surface area contributed by atoms with Gasteiger partial charge in [0.05, 0.1) is 11.3 Å². The Labute approximate surface area is 163 Å². The highest BCUT2D eigenvalue weighted by Gasteiger charge is 2.32. The van der Waals surface area contributed by atoms with E-state index in [-0.39, 0.29) is 5.82 Å². The van der Waals surface area contributed by atoms with Gasteiger partial charge in [-0.1, -0.05) is 0 Å². The molecular formula is C18H17F4N7. The van der Waals surface area contributed by atoms with Crippen LogP contribution in [0.3, 0.4) is 0 Å². The number of hydrogen-bond donors (Lipinski definition) is 0. The number of alkyl halides is 3. The molecule has 1 aliphatic heterocycles. The molecule has 0 radical (unpaired) electrons. The van der Waals surface area contributed by atoms with Crippen LogP contribution >= 0.6 is 0 Å². The van der Waals surface area contributed by atoms with Crippen LogP contribution < -0.4 is 9.80 Å². The second kappa shape index (κ2) is 7.30. The van der Waals surface area contributed by atoms with E-state index in [9.17, 15) is 17.6 Å². The number of aromatic nitrogens is 5. The Hall–Kier alpha value is -3.24. The van der Waals surface area contributed by atoms with E-state index in [1.807, 2.05) is 24.0 Å². The molecule has 3 aromatic heterocycles. The van der Waals surface area contributed by atoms with Gasteiger partial charge < -0.3 is 9.80 Å². The molecule has 1 fully saturated rings. The van der Waals surface area contributed by atoms with Crippen molar-refractivity contribution in [3.63, 3.8) is 0 Å². The molecule has 1 saturated heterocycles. The summed E-state index contributed by atoms with van der Waals surface area (Å²) in [6.45, 7) is 3.70. The molecule has 3 aromatic rings. The average molecular weight is 407 g/mol. The highest BCUT2D eigenvalue weighted by Crippen LogP contribution is 2.31. The molecule has 29 heavy (non-hydrogen) atoms. The van der Waals surface area contributed by atoms with Crippen LogP contribution in [0.1, 0.15) is 11.3 Å². The Kier molecular flexibility index (Phi) is 4.81. The quantitative estimate of drug-likeness (QED) is 0.623. The van der Waals surface area contributed by atoms with Gasteiger partial charge in [-0.3, -0.25) is 0 Å². The lowest BCUT2D eigenvalue weighted by Crippen LogP contribution is -2.47. The highest BCUT2D eigenvalue weighted by molar-refractivity contribution is 5.46. The number of piperazine rings is 1. The maximum absolute atomic E-state index is 14.1. The van der Waals surface area contributed by atoms with Gasteiger partial charge in [0.2, 0.25) is 0 Å². The number of pyridine rings is 1. The molecule has 11 heteroatoms. The Morgan fingerprint density at radius 1 is 0.931 bits per heavy atom. The smallest absolute Gasteiger partial charge is 0.352 e. The van der Waals surface area contributed by atoms with Crippen LogP contribution in [0.4, 0.5) is 29.2 Å². The van der Waals surface area contributed by atoms with Gasteiger partial charge in [0.1, 0.15) is 0 Å². The fourth-order valence-electron chi connectivity index (χ4n) is 3.12. The van der Waals surface area contributed by atoms with Gasteiger partial charge in [-0.15, -0.1) is 10.2 Å². The third-order valence-corrected chi connectivity index (χ3v) is 4.65. The number of anilines is 2. The highest BCUT2D eigenvalue weighted by atomic mass is 19.4. The minimum Gasteiger partial charge on any atom is -0.352 e. The third kappa shape index (κ3) is 3.98. The van der Waals surface area contributed by atoms with Crippen molar-refractivity contribution in [2.45, 2.75) is 13.1 Å². The standard InChI is InChI=1S/C18H17F4N7/c1-12-4-5-29(26-12)16-3-2-15(24-25-16)27-6-8-28(9-7-27)17-14(19)10-13(11-23-17)18(20,21)22/h2-5,10-11H,6-9H2,1H3. The van der Waals surface area contributed by atoms with Crippen molar-refractivity contribution in [1.29, 1.82) is 0 Å². The first-order chi connectivity index (χ1) is 13.8. The summed E-state index contributed by atoms with van der Waals surface area (Å²) >= 11 is 0. The summed E-state index contributed by atoms with van der Waals surface area (Å²) < 4.78 is 53.8. The zero-order valence-electron chi connectivity index (χ0n) is 15.4. The Balaban J connectivity index is 1.42. The summed E-state index contributed by atoms with van der Waals surface area (Å²) in [5.74, 6) is 0.203. The molecule has 1 aliphatic rings. The van der Waals surface area contributed by atoms with Crippen LogP contribution in [-0.2, 0) is 6.18 Å². The van der Waals surface area contributed by atoms with Crippen LogP contribution in [0.25, 0.3) is 5.82 Å². The van der Waals surface area contributed by atoms with E-state index in [0.717, 1.165) is 5.69 Å². The van der Waals surface area contributed by atoms with Gasteiger partial charge in [0.15, 0.2) is 23.3 Å². The second-order valence-corrected chi connectivity index (χ2v) is 6.65. The molecule has 4 rings (SSSR count). The first-order valence-electron chi connectivity index (χ1n) is 8.90. The average Bonchev–Trinajstić information content (AvgIpc) is 3.14. The van der Waals surface area contributed by atoms with Crippen molar-refractivity contribution in [1.82, 2.24) is 25.0 Å². The molecule has 0 spiro atoms. The lowest BCUT2D eigenvalue weighted by molar-refractivity contribution is -0.138. The largest absolute Gasteiger partial charge is 0.417 e. The number of hydrogen-bond acceptors (Lipinski definition) is 6. The van der Waals surface area contributed by atoms with Gasteiger partial charge in [-0.05, 0) is 31.2 Å². The third-order valence-electron chi connectivity index (χ3n) is 4.65. The van der Waals surface area contributed by atoms with Gasteiger partial charge >= 0.3 is 6.18 Å². The molecule has 0 atom stereocenters. The number of halogens is 4. The number of rotatable bonds is 3. The Bertz CT molecular complexity index is 992. The molecule has 0 unspecified atom stereocenters. The van der Waals surface area contributed by atoms with Crippen molar-refractivity contribution < 1.29 is 17.6 Å². The molecule has 0 amide bonds. The zero-order chi connectivity index (χ0) is 20.6. The van der Waals surface area contributed by atoms with Crippen LogP contribution in [0.2, 0.25) is 0 Å². The predicted molar refractivity (Wildman–Crippen MR) is 97.5 cm³/mol. The van der Waals surface area contributed by atoms with Gasteiger partial charge in [0, 0.05) is 38.6 Å². The minimum absolute atomic E-state index is 0.0758. The first kappa shape index (κ1) is 19.1. The fourth-order valence-corrected chi connectivity index (χ4v) is 3.12. The fraction of sp³-hybridized carbons (Fsp3) is 0.333. The zero-order valence-corrected chi connectivity index (χ0v) is 15.4. The lowest BCUT2D eigenvalue weighted by Gasteiger charge is -2.36. The molecule has 4 heterocycles. The van der Waals surface area contributed by atoms with E-state index in [0.29, 0.717) is 50.1 Å². The molecule has 0 saturated carbocycles.